The van der Waals surface area contributed by atoms with E-state index in [2.05, 4.69) is 10.6 Å². The smallest absolute Gasteiger partial charge is 0.305 e. The molecule has 6 nitrogen and oxygen atoms in total. The van der Waals surface area contributed by atoms with Crippen molar-refractivity contribution in [2.45, 2.75) is 29.0 Å². The van der Waals surface area contributed by atoms with E-state index < -0.39 is 17.3 Å². The first kappa shape index (κ1) is 17.5. The number of thiophene rings is 1. The third-order valence-corrected chi connectivity index (χ3v) is 5.94. The Kier molecular flexibility index (Phi) is 5.40. The number of para-hydroxylation sites is 1. The van der Waals surface area contributed by atoms with Crippen LogP contribution in [0, 0.1) is 0 Å². The highest BCUT2D eigenvalue weighted by Gasteiger charge is 2.30. The van der Waals surface area contributed by atoms with Crippen LogP contribution < -0.4 is 10.6 Å². The summed E-state index contributed by atoms with van der Waals surface area (Å²) in [7, 11) is 0. The molecule has 1 aromatic carbocycles. The van der Waals surface area contributed by atoms with Crippen molar-refractivity contribution in [2.24, 2.45) is 0 Å². The Labute approximate surface area is 152 Å². The van der Waals surface area contributed by atoms with E-state index in [4.69, 9.17) is 5.11 Å². The molecular formula is C17H16N2O4S2. The first-order valence-corrected chi connectivity index (χ1v) is 9.40. The van der Waals surface area contributed by atoms with Gasteiger partial charge >= 0.3 is 5.97 Å². The molecule has 2 atom stereocenters. The topological polar surface area (TPSA) is 95.5 Å². The highest BCUT2D eigenvalue weighted by Crippen LogP contribution is 2.36. The third kappa shape index (κ3) is 4.40. The fourth-order valence-electron chi connectivity index (χ4n) is 2.54. The molecule has 2 aromatic rings. The first-order chi connectivity index (χ1) is 12.0. The van der Waals surface area contributed by atoms with Crippen LogP contribution in [0.1, 0.15) is 23.8 Å². The average molecular weight is 376 g/mol. The highest BCUT2D eigenvalue weighted by molar-refractivity contribution is 8.01. The van der Waals surface area contributed by atoms with E-state index in [1.807, 2.05) is 35.7 Å². The molecule has 1 aliphatic rings. The van der Waals surface area contributed by atoms with E-state index in [9.17, 15) is 14.4 Å². The van der Waals surface area contributed by atoms with Crippen molar-refractivity contribution in [3.63, 3.8) is 0 Å². The third-order valence-electron chi connectivity index (χ3n) is 3.68. The second-order valence-electron chi connectivity index (χ2n) is 5.53. The molecule has 0 spiro atoms. The number of carboxylic acid groups (broad SMARTS) is 1. The maximum atomic E-state index is 12.4. The number of carboxylic acids is 1. The number of benzene rings is 1. The molecule has 25 heavy (non-hydrogen) atoms. The summed E-state index contributed by atoms with van der Waals surface area (Å²) in [5.41, 5.74) is 0.747. The van der Waals surface area contributed by atoms with Crippen molar-refractivity contribution in [1.82, 2.24) is 5.32 Å². The summed E-state index contributed by atoms with van der Waals surface area (Å²) >= 11 is 2.74. The second kappa shape index (κ2) is 7.71. The maximum absolute atomic E-state index is 12.4. The van der Waals surface area contributed by atoms with Gasteiger partial charge in [-0.2, -0.15) is 0 Å². The molecule has 8 heteroatoms. The predicted octanol–water partition coefficient (Wildman–Crippen LogP) is 2.88. The summed E-state index contributed by atoms with van der Waals surface area (Å²) in [6.45, 7) is 0. The molecular weight excluding hydrogens is 360 g/mol. The molecule has 0 unspecified atom stereocenters. The second-order valence-corrected chi connectivity index (χ2v) is 7.75. The Hall–Kier alpha value is -2.32. The summed E-state index contributed by atoms with van der Waals surface area (Å²) in [4.78, 5) is 37.3. The zero-order valence-electron chi connectivity index (χ0n) is 13.1. The average Bonchev–Trinajstić information content (AvgIpc) is 3.09. The van der Waals surface area contributed by atoms with Crippen LogP contribution in [0.5, 0.6) is 0 Å². The van der Waals surface area contributed by atoms with Gasteiger partial charge in [-0.05, 0) is 23.6 Å². The summed E-state index contributed by atoms with van der Waals surface area (Å²) in [6.07, 6.45) is -0.203. The number of carbonyl (C=O) groups is 3. The number of anilines is 1. The molecule has 0 bridgehead atoms. The number of carbonyl (C=O) groups excluding carboxylic acids is 2. The lowest BCUT2D eigenvalue weighted by Gasteiger charge is -2.24. The van der Waals surface area contributed by atoms with Gasteiger partial charge in [0.1, 0.15) is 0 Å². The van der Waals surface area contributed by atoms with Gasteiger partial charge in [0.15, 0.2) is 0 Å². The van der Waals surface area contributed by atoms with E-state index in [0.29, 0.717) is 0 Å². The van der Waals surface area contributed by atoms with Gasteiger partial charge in [-0.1, -0.05) is 18.2 Å². The molecule has 0 fully saturated rings. The normalized spacial score (nSPS) is 17.3. The van der Waals surface area contributed by atoms with Gasteiger partial charge in [-0.15, -0.1) is 23.1 Å². The van der Waals surface area contributed by atoms with Crippen molar-refractivity contribution in [2.75, 3.05) is 5.32 Å². The van der Waals surface area contributed by atoms with Gasteiger partial charge < -0.3 is 15.7 Å². The molecule has 0 aliphatic carbocycles. The molecule has 2 amide bonds. The quantitative estimate of drug-likeness (QED) is 0.720. The molecule has 1 aliphatic heterocycles. The standard InChI is InChI=1S/C17H16N2O4S2/c20-15(18-11(8-16(21)22)12-6-3-7-24-12)9-14-17(23)19-10-4-1-2-5-13(10)25-14/h1-7,11,14H,8-9H2,(H,18,20)(H,19,23)(H,21,22)/t11-,14-/m1/s1. The minimum atomic E-state index is -0.989. The molecule has 2 heterocycles. The molecule has 0 saturated carbocycles. The number of amides is 2. The molecule has 3 rings (SSSR count). The molecule has 0 saturated heterocycles. The number of hydrogen-bond donors (Lipinski definition) is 3. The lowest BCUT2D eigenvalue weighted by atomic mass is 10.1. The minimum Gasteiger partial charge on any atom is -0.481 e. The van der Waals surface area contributed by atoms with Crippen LogP contribution in [0.25, 0.3) is 0 Å². The van der Waals surface area contributed by atoms with Crippen LogP contribution in [0.3, 0.4) is 0 Å². The van der Waals surface area contributed by atoms with E-state index in [0.717, 1.165) is 15.5 Å². The Balaban J connectivity index is 1.65. The molecule has 130 valence electrons. The summed E-state index contributed by atoms with van der Waals surface area (Å²) < 4.78 is 0. The largest absolute Gasteiger partial charge is 0.481 e. The Bertz CT molecular complexity index is 792. The van der Waals surface area contributed by atoms with Crippen molar-refractivity contribution < 1.29 is 19.5 Å². The number of aliphatic carboxylic acids is 1. The van der Waals surface area contributed by atoms with Gasteiger partial charge in [-0.25, -0.2) is 0 Å². The van der Waals surface area contributed by atoms with Gasteiger partial charge in [0.25, 0.3) is 0 Å². The van der Waals surface area contributed by atoms with Crippen molar-refractivity contribution in [3.8, 4) is 0 Å². The lowest BCUT2D eigenvalue weighted by molar-refractivity contribution is -0.137. The molecule has 0 radical (unpaired) electrons. The van der Waals surface area contributed by atoms with E-state index in [-0.39, 0.29) is 24.7 Å². The summed E-state index contributed by atoms with van der Waals surface area (Å²) in [5.74, 6) is -1.55. The number of rotatable bonds is 6. The zero-order valence-corrected chi connectivity index (χ0v) is 14.7. The zero-order chi connectivity index (χ0) is 17.8. The van der Waals surface area contributed by atoms with Gasteiger partial charge in [-0.3, -0.25) is 14.4 Å². The van der Waals surface area contributed by atoms with Crippen LogP contribution in [0.2, 0.25) is 0 Å². The van der Waals surface area contributed by atoms with Crippen LogP contribution in [0.15, 0.2) is 46.7 Å². The van der Waals surface area contributed by atoms with Crippen LogP contribution in [-0.2, 0) is 14.4 Å². The van der Waals surface area contributed by atoms with Gasteiger partial charge in [0.2, 0.25) is 11.8 Å². The van der Waals surface area contributed by atoms with Gasteiger partial charge in [0, 0.05) is 16.2 Å². The predicted molar refractivity (Wildman–Crippen MR) is 96.8 cm³/mol. The van der Waals surface area contributed by atoms with E-state index in [1.54, 1.807) is 6.07 Å². The Morgan fingerprint density at radius 1 is 1.24 bits per heavy atom. The highest BCUT2D eigenvalue weighted by atomic mass is 32.2. The van der Waals surface area contributed by atoms with Crippen molar-refractivity contribution in [1.29, 1.82) is 0 Å². The Morgan fingerprint density at radius 3 is 2.76 bits per heavy atom. The molecule has 3 N–H and O–H groups in total. The Morgan fingerprint density at radius 2 is 2.04 bits per heavy atom. The fraction of sp³-hybridized carbons (Fsp3) is 0.235. The fourth-order valence-corrected chi connectivity index (χ4v) is 4.42. The van der Waals surface area contributed by atoms with Crippen LogP contribution >= 0.6 is 23.1 Å². The minimum absolute atomic E-state index is 0.00761. The van der Waals surface area contributed by atoms with Gasteiger partial charge in [0.05, 0.1) is 23.4 Å². The van der Waals surface area contributed by atoms with Crippen LogP contribution in [0.4, 0.5) is 5.69 Å². The SMILES string of the molecule is O=C(O)C[C@@H](NC(=O)C[C@H]1Sc2ccccc2NC1=O)c1cccs1. The monoisotopic (exact) mass is 376 g/mol. The van der Waals surface area contributed by atoms with E-state index in [1.165, 1.54) is 23.1 Å². The number of fused-ring (bicyclic) bond motifs is 1. The van der Waals surface area contributed by atoms with Crippen molar-refractivity contribution in [3.05, 3.63) is 46.7 Å². The first-order valence-electron chi connectivity index (χ1n) is 7.64. The molecule has 1 aromatic heterocycles. The van der Waals surface area contributed by atoms with Crippen molar-refractivity contribution >= 4 is 46.6 Å². The number of nitrogens with one attached hydrogen (secondary N) is 2. The van der Waals surface area contributed by atoms with Crippen LogP contribution in [-0.4, -0.2) is 28.1 Å². The number of hydrogen-bond acceptors (Lipinski definition) is 5. The lowest BCUT2D eigenvalue weighted by Crippen LogP contribution is -2.36. The number of thioether (sulfide) groups is 1. The summed E-state index contributed by atoms with van der Waals surface area (Å²) in [6, 6.07) is 10.4. The maximum Gasteiger partial charge on any atom is 0.305 e. The van der Waals surface area contributed by atoms with E-state index >= 15 is 0 Å². The summed E-state index contributed by atoms with van der Waals surface area (Å²) in [5, 5.41) is 15.9.